The van der Waals surface area contributed by atoms with Gasteiger partial charge in [-0.25, -0.2) is 28.2 Å². The summed E-state index contributed by atoms with van der Waals surface area (Å²) in [6, 6.07) is 1.94. The van der Waals surface area contributed by atoms with Gasteiger partial charge in [0.15, 0.2) is 22.8 Å². The number of rotatable bonds is 5. The second kappa shape index (κ2) is 9.13. The second-order valence-electron chi connectivity index (χ2n) is 8.19. The van der Waals surface area contributed by atoms with Crippen molar-refractivity contribution >= 4 is 34.5 Å². The van der Waals surface area contributed by atoms with Gasteiger partial charge in [0.1, 0.15) is 11.8 Å². The molecular formula is C21H19F4N7O4. The minimum atomic E-state index is -3.22. The SMILES string of the molecule is O=C(NCC1CN(c2cc(F)c(N3CCn4c(=O)c5nccnc5n4CC3)c(F)c2)C(=O)O1)C(F)F. The zero-order chi connectivity index (χ0) is 25.6. The van der Waals surface area contributed by atoms with Crippen LogP contribution in [0.5, 0.6) is 0 Å². The van der Waals surface area contributed by atoms with E-state index in [1.54, 1.807) is 4.68 Å². The maximum absolute atomic E-state index is 15.1. The fourth-order valence-electron chi connectivity index (χ4n) is 4.37. The van der Waals surface area contributed by atoms with Crippen LogP contribution in [0, 0.1) is 11.6 Å². The Morgan fingerprint density at radius 2 is 1.72 bits per heavy atom. The number of carbonyl (C=O) groups excluding carboxylic acids is 2. The zero-order valence-electron chi connectivity index (χ0n) is 18.5. The average molecular weight is 509 g/mol. The van der Waals surface area contributed by atoms with E-state index < -0.39 is 36.2 Å². The fraction of sp³-hybridized carbons (Fsp3) is 0.381. The maximum atomic E-state index is 15.1. The van der Waals surface area contributed by atoms with E-state index in [0.717, 1.165) is 17.0 Å². The molecule has 1 unspecified atom stereocenters. The quantitative estimate of drug-likeness (QED) is 0.513. The number of alkyl halides is 2. The lowest BCUT2D eigenvalue weighted by molar-refractivity contribution is -0.132. The number of carbonyl (C=O) groups is 2. The number of fused-ring (bicyclic) bond motifs is 3. The number of nitrogens with zero attached hydrogens (tertiary/aromatic N) is 6. The predicted molar refractivity (Wildman–Crippen MR) is 117 cm³/mol. The smallest absolute Gasteiger partial charge is 0.414 e. The van der Waals surface area contributed by atoms with E-state index in [1.165, 1.54) is 22.0 Å². The number of halogens is 4. The predicted octanol–water partition coefficient (Wildman–Crippen LogP) is 1.10. The largest absolute Gasteiger partial charge is 0.442 e. The van der Waals surface area contributed by atoms with Gasteiger partial charge in [0, 0.05) is 37.6 Å². The van der Waals surface area contributed by atoms with Gasteiger partial charge < -0.3 is 15.0 Å². The summed E-state index contributed by atoms with van der Waals surface area (Å²) in [6.07, 6.45) is -2.25. The summed E-state index contributed by atoms with van der Waals surface area (Å²) in [6.45, 7) is 0.0917. The van der Waals surface area contributed by atoms with Crippen LogP contribution >= 0.6 is 0 Å². The van der Waals surface area contributed by atoms with Crippen molar-refractivity contribution in [1.82, 2.24) is 24.6 Å². The Morgan fingerprint density at radius 1 is 1.06 bits per heavy atom. The van der Waals surface area contributed by atoms with Crippen LogP contribution in [-0.4, -0.2) is 70.0 Å². The average Bonchev–Trinajstić information content (AvgIpc) is 3.25. The highest BCUT2D eigenvalue weighted by molar-refractivity contribution is 5.90. The first-order chi connectivity index (χ1) is 17.2. The topological polar surface area (TPSA) is 115 Å². The lowest BCUT2D eigenvalue weighted by Gasteiger charge is -2.24. The van der Waals surface area contributed by atoms with Crippen molar-refractivity contribution < 1.29 is 31.9 Å². The van der Waals surface area contributed by atoms with Gasteiger partial charge in [-0.3, -0.25) is 19.2 Å². The van der Waals surface area contributed by atoms with Gasteiger partial charge in [-0.05, 0) is 0 Å². The molecule has 11 nitrogen and oxygen atoms in total. The van der Waals surface area contributed by atoms with Crippen molar-refractivity contribution in [2.75, 3.05) is 36.0 Å². The Kier molecular flexibility index (Phi) is 5.97. The van der Waals surface area contributed by atoms with E-state index in [2.05, 4.69) is 9.97 Å². The number of nitrogens with one attached hydrogen (secondary N) is 1. The van der Waals surface area contributed by atoms with Crippen LogP contribution in [0.3, 0.4) is 0 Å². The lowest BCUT2D eigenvalue weighted by atomic mass is 10.2. The van der Waals surface area contributed by atoms with E-state index >= 15 is 8.78 Å². The third-order valence-corrected chi connectivity index (χ3v) is 6.02. The summed E-state index contributed by atoms with van der Waals surface area (Å²) in [7, 11) is 0. The summed E-state index contributed by atoms with van der Waals surface area (Å²) < 4.78 is 63.0. The highest BCUT2D eigenvalue weighted by Gasteiger charge is 2.34. The summed E-state index contributed by atoms with van der Waals surface area (Å²) in [4.78, 5) is 46.5. The molecule has 5 rings (SSSR count). The molecule has 2 aliphatic rings. The molecule has 2 aromatic heterocycles. The Labute approximate surface area is 199 Å². The molecule has 1 atom stereocenters. The Balaban J connectivity index is 1.33. The number of amides is 2. The van der Waals surface area contributed by atoms with Crippen LogP contribution < -0.4 is 20.7 Å². The minimum absolute atomic E-state index is 0.125. The molecule has 4 heterocycles. The highest BCUT2D eigenvalue weighted by atomic mass is 19.3. The molecule has 15 heteroatoms. The molecule has 190 valence electrons. The van der Waals surface area contributed by atoms with Gasteiger partial charge in [-0.1, -0.05) is 0 Å². The van der Waals surface area contributed by atoms with Crippen molar-refractivity contribution in [3.05, 3.63) is 46.5 Å². The highest BCUT2D eigenvalue weighted by Crippen LogP contribution is 2.31. The first-order valence-electron chi connectivity index (χ1n) is 10.9. The van der Waals surface area contributed by atoms with Crippen LogP contribution in [0.4, 0.5) is 33.7 Å². The molecule has 2 aliphatic heterocycles. The third kappa shape index (κ3) is 4.09. The minimum Gasteiger partial charge on any atom is -0.442 e. The third-order valence-electron chi connectivity index (χ3n) is 6.02. The first-order valence-corrected chi connectivity index (χ1v) is 10.9. The first kappa shape index (κ1) is 23.6. The van der Waals surface area contributed by atoms with Crippen LogP contribution in [0.25, 0.3) is 11.2 Å². The Morgan fingerprint density at radius 3 is 2.42 bits per heavy atom. The lowest BCUT2D eigenvalue weighted by Crippen LogP contribution is -2.37. The number of hydrogen-bond donors (Lipinski definition) is 1. The molecule has 0 aliphatic carbocycles. The number of aromatic nitrogens is 4. The van der Waals surface area contributed by atoms with Crippen molar-refractivity contribution in [3.63, 3.8) is 0 Å². The van der Waals surface area contributed by atoms with Crippen molar-refractivity contribution in [1.29, 1.82) is 0 Å². The molecule has 36 heavy (non-hydrogen) atoms. The van der Waals surface area contributed by atoms with Crippen LogP contribution in [0.1, 0.15) is 0 Å². The summed E-state index contributed by atoms with van der Waals surface area (Å²) in [5.41, 5.74) is -0.186. The molecule has 2 amide bonds. The number of cyclic esters (lactones) is 1. The van der Waals surface area contributed by atoms with Crippen molar-refractivity contribution in [2.45, 2.75) is 25.6 Å². The molecule has 1 N–H and O–H groups in total. The van der Waals surface area contributed by atoms with Gasteiger partial charge in [0.2, 0.25) is 0 Å². The molecule has 0 radical (unpaired) electrons. The van der Waals surface area contributed by atoms with E-state index in [-0.39, 0.29) is 61.7 Å². The maximum Gasteiger partial charge on any atom is 0.414 e. The van der Waals surface area contributed by atoms with E-state index in [0.29, 0.717) is 5.65 Å². The molecule has 0 saturated carbocycles. The van der Waals surface area contributed by atoms with Crippen LogP contribution in [0.15, 0.2) is 29.3 Å². The zero-order valence-corrected chi connectivity index (χ0v) is 18.5. The van der Waals surface area contributed by atoms with Gasteiger partial charge >= 0.3 is 12.5 Å². The molecule has 1 fully saturated rings. The van der Waals surface area contributed by atoms with E-state index in [1.807, 2.05) is 5.32 Å². The molecule has 1 aromatic carbocycles. The second-order valence-corrected chi connectivity index (χ2v) is 8.19. The number of anilines is 2. The van der Waals surface area contributed by atoms with Crippen molar-refractivity contribution in [3.8, 4) is 0 Å². The van der Waals surface area contributed by atoms with Gasteiger partial charge in [-0.15, -0.1) is 0 Å². The van der Waals surface area contributed by atoms with Gasteiger partial charge in [0.25, 0.3) is 11.5 Å². The Bertz CT molecular complexity index is 1390. The van der Waals surface area contributed by atoms with Crippen molar-refractivity contribution in [2.24, 2.45) is 0 Å². The number of ether oxygens (including phenoxy) is 1. The Hall–Kier alpha value is -4.17. The summed E-state index contributed by atoms with van der Waals surface area (Å²) >= 11 is 0. The number of benzene rings is 1. The normalized spacial score (nSPS) is 17.9. The molecule has 0 spiro atoms. The fourth-order valence-corrected chi connectivity index (χ4v) is 4.37. The van der Waals surface area contributed by atoms with Gasteiger partial charge in [0.05, 0.1) is 31.9 Å². The molecule has 3 aromatic rings. The van der Waals surface area contributed by atoms with E-state index in [4.69, 9.17) is 4.74 Å². The van der Waals surface area contributed by atoms with Crippen LogP contribution in [-0.2, 0) is 22.6 Å². The standard InChI is InChI=1S/C21H19F4N7O4/c22-13-7-11(30-10-12(36-21(30)35)9-28-19(33)17(24)25)8-14(23)16(13)29-3-5-31-18-15(26-1-2-27-18)20(34)32(31)6-4-29/h1-2,7-8,12,17H,3-6,9-10H2,(H,28,33). The van der Waals surface area contributed by atoms with E-state index in [9.17, 15) is 23.2 Å². The van der Waals surface area contributed by atoms with Gasteiger partial charge in [-0.2, -0.15) is 8.78 Å². The summed E-state index contributed by atoms with van der Waals surface area (Å²) in [5, 5.41) is 1.94. The molecule has 0 bridgehead atoms. The number of hydrogen-bond acceptors (Lipinski definition) is 7. The summed E-state index contributed by atoms with van der Waals surface area (Å²) in [5.74, 6) is -3.39. The van der Waals surface area contributed by atoms with Crippen LogP contribution in [0.2, 0.25) is 0 Å². The molecule has 1 saturated heterocycles. The monoisotopic (exact) mass is 509 g/mol. The molecular weight excluding hydrogens is 490 g/mol.